The van der Waals surface area contributed by atoms with E-state index in [9.17, 15) is 4.79 Å². The Labute approximate surface area is 113 Å². The van der Waals surface area contributed by atoms with Crippen molar-refractivity contribution in [3.63, 3.8) is 0 Å². The molecule has 0 bridgehead atoms. The monoisotopic (exact) mass is 266 g/mol. The first-order chi connectivity index (χ1) is 8.62. The number of thiophene rings is 1. The van der Waals surface area contributed by atoms with Gasteiger partial charge in [0.15, 0.2) is 0 Å². The van der Waals surface area contributed by atoms with E-state index in [4.69, 9.17) is 5.73 Å². The van der Waals surface area contributed by atoms with Gasteiger partial charge in [0.2, 0.25) is 5.91 Å². The second-order valence-electron chi connectivity index (χ2n) is 5.21. The van der Waals surface area contributed by atoms with Crippen molar-refractivity contribution in [3.05, 3.63) is 22.4 Å². The minimum absolute atomic E-state index is 0.0845. The van der Waals surface area contributed by atoms with E-state index in [-0.39, 0.29) is 5.91 Å². The summed E-state index contributed by atoms with van der Waals surface area (Å²) >= 11 is 1.56. The molecule has 0 radical (unpaired) electrons. The molecule has 0 spiro atoms. The van der Waals surface area contributed by atoms with Crippen molar-refractivity contribution < 1.29 is 4.79 Å². The van der Waals surface area contributed by atoms with Gasteiger partial charge >= 0.3 is 0 Å². The molecule has 18 heavy (non-hydrogen) atoms. The predicted molar refractivity (Wildman–Crippen MR) is 75.5 cm³/mol. The van der Waals surface area contributed by atoms with Gasteiger partial charge in [-0.2, -0.15) is 0 Å². The quantitative estimate of drug-likeness (QED) is 0.911. The number of nitrogens with zero attached hydrogens (tertiary/aromatic N) is 1. The van der Waals surface area contributed by atoms with E-state index in [0.717, 1.165) is 37.2 Å². The number of nitrogens with two attached hydrogens (primary N) is 1. The fraction of sp³-hybridized carbons (Fsp3) is 0.643. The van der Waals surface area contributed by atoms with Crippen molar-refractivity contribution in [2.75, 3.05) is 13.1 Å². The smallest absolute Gasteiger partial charge is 0.244 e. The van der Waals surface area contributed by atoms with Crippen LogP contribution in [-0.4, -0.2) is 23.9 Å². The highest BCUT2D eigenvalue weighted by atomic mass is 32.1. The van der Waals surface area contributed by atoms with Crippen LogP contribution in [0.15, 0.2) is 17.5 Å². The minimum atomic E-state index is -0.477. The normalized spacial score (nSPS) is 20.1. The molecule has 1 aromatic heterocycles. The summed E-state index contributed by atoms with van der Waals surface area (Å²) in [4.78, 5) is 15.3. The Morgan fingerprint density at radius 2 is 2.28 bits per heavy atom. The number of hydrogen-bond acceptors (Lipinski definition) is 3. The summed E-state index contributed by atoms with van der Waals surface area (Å²) in [5.41, 5.74) is 6.38. The molecular weight excluding hydrogens is 244 g/mol. The number of likely N-dealkylation sites (tertiary alicyclic amines) is 1. The summed E-state index contributed by atoms with van der Waals surface area (Å²) in [6, 6.07) is 3.41. The molecular formula is C14H22N2OS. The van der Waals surface area contributed by atoms with E-state index < -0.39 is 6.04 Å². The summed E-state index contributed by atoms with van der Waals surface area (Å²) in [6.45, 7) is 6.17. The van der Waals surface area contributed by atoms with Crippen molar-refractivity contribution in [2.45, 2.75) is 39.2 Å². The molecule has 1 saturated heterocycles. The molecule has 2 rings (SSSR count). The molecule has 1 atom stereocenters. The zero-order valence-corrected chi connectivity index (χ0v) is 12.0. The largest absolute Gasteiger partial charge is 0.340 e. The second kappa shape index (κ2) is 5.41. The van der Waals surface area contributed by atoms with Crippen molar-refractivity contribution in [3.8, 4) is 0 Å². The SMILES string of the molecule is CCC1(CC)CCN(C(=O)C(N)c2cccs2)C1. The Kier molecular flexibility index (Phi) is 4.07. The van der Waals surface area contributed by atoms with E-state index in [2.05, 4.69) is 13.8 Å². The Balaban J connectivity index is 2.03. The zero-order chi connectivity index (χ0) is 13.2. The van der Waals surface area contributed by atoms with Gasteiger partial charge in [-0.15, -0.1) is 11.3 Å². The lowest BCUT2D eigenvalue weighted by molar-refractivity contribution is -0.132. The molecule has 1 aliphatic heterocycles. The van der Waals surface area contributed by atoms with Gasteiger partial charge < -0.3 is 10.6 Å². The lowest BCUT2D eigenvalue weighted by atomic mass is 9.82. The summed E-state index contributed by atoms with van der Waals surface area (Å²) < 4.78 is 0. The fourth-order valence-electron chi connectivity index (χ4n) is 2.74. The first-order valence-electron chi connectivity index (χ1n) is 6.69. The van der Waals surface area contributed by atoms with Gasteiger partial charge in [0.25, 0.3) is 0 Å². The molecule has 2 N–H and O–H groups in total. The number of rotatable bonds is 4. The van der Waals surface area contributed by atoms with Crippen LogP contribution in [0.2, 0.25) is 0 Å². The number of carbonyl (C=O) groups excluding carboxylic acids is 1. The first kappa shape index (κ1) is 13.6. The molecule has 1 aliphatic rings. The Hall–Kier alpha value is -0.870. The average Bonchev–Trinajstić information content (AvgIpc) is 3.06. The fourth-order valence-corrected chi connectivity index (χ4v) is 3.46. The maximum atomic E-state index is 12.4. The van der Waals surface area contributed by atoms with Crippen molar-refractivity contribution in [1.82, 2.24) is 4.90 Å². The Morgan fingerprint density at radius 3 is 2.78 bits per heavy atom. The van der Waals surface area contributed by atoms with E-state index in [1.165, 1.54) is 0 Å². The van der Waals surface area contributed by atoms with Crippen LogP contribution in [0.5, 0.6) is 0 Å². The lowest BCUT2D eigenvalue weighted by Crippen LogP contribution is -2.38. The van der Waals surface area contributed by atoms with Crippen molar-refractivity contribution >= 4 is 17.2 Å². The summed E-state index contributed by atoms with van der Waals surface area (Å²) in [5.74, 6) is 0.0845. The highest BCUT2D eigenvalue weighted by Crippen LogP contribution is 2.37. The summed E-state index contributed by atoms with van der Waals surface area (Å²) in [7, 11) is 0. The minimum Gasteiger partial charge on any atom is -0.340 e. The van der Waals surface area contributed by atoms with E-state index in [0.29, 0.717) is 5.41 Å². The van der Waals surface area contributed by atoms with Crippen LogP contribution in [0, 0.1) is 5.41 Å². The van der Waals surface area contributed by atoms with Gasteiger partial charge in [-0.3, -0.25) is 4.79 Å². The predicted octanol–water partition coefficient (Wildman–Crippen LogP) is 2.79. The van der Waals surface area contributed by atoms with Crippen LogP contribution in [0.4, 0.5) is 0 Å². The molecule has 1 amide bonds. The third-order valence-electron chi connectivity index (χ3n) is 4.37. The summed E-state index contributed by atoms with van der Waals surface area (Å²) in [5, 5.41) is 1.97. The van der Waals surface area contributed by atoms with Gasteiger partial charge in [-0.1, -0.05) is 19.9 Å². The highest BCUT2D eigenvalue weighted by Gasteiger charge is 2.38. The van der Waals surface area contributed by atoms with E-state index in [1.807, 2.05) is 22.4 Å². The molecule has 2 heterocycles. The Bertz CT molecular complexity index is 398. The van der Waals surface area contributed by atoms with Crippen molar-refractivity contribution in [2.24, 2.45) is 11.1 Å². The molecule has 4 heteroatoms. The second-order valence-corrected chi connectivity index (χ2v) is 6.19. The lowest BCUT2D eigenvalue weighted by Gasteiger charge is -2.27. The molecule has 1 aromatic rings. The van der Waals surface area contributed by atoms with Crippen LogP contribution < -0.4 is 5.73 Å². The van der Waals surface area contributed by atoms with Crippen LogP contribution >= 0.6 is 11.3 Å². The topological polar surface area (TPSA) is 46.3 Å². The number of hydrogen-bond donors (Lipinski definition) is 1. The highest BCUT2D eigenvalue weighted by molar-refractivity contribution is 7.10. The van der Waals surface area contributed by atoms with Gasteiger partial charge in [0.1, 0.15) is 6.04 Å². The number of amides is 1. The van der Waals surface area contributed by atoms with Crippen LogP contribution in [0.1, 0.15) is 44.0 Å². The van der Waals surface area contributed by atoms with E-state index >= 15 is 0 Å². The van der Waals surface area contributed by atoms with Gasteiger partial charge in [-0.05, 0) is 36.1 Å². The van der Waals surface area contributed by atoms with Gasteiger partial charge in [-0.25, -0.2) is 0 Å². The van der Waals surface area contributed by atoms with Gasteiger partial charge in [0, 0.05) is 18.0 Å². The molecule has 0 saturated carbocycles. The average molecular weight is 266 g/mol. The molecule has 3 nitrogen and oxygen atoms in total. The third kappa shape index (κ3) is 2.45. The molecule has 1 unspecified atom stereocenters. The number of carbonyl (C=O) groups is 1. The van der Waals surface area contributed by atoms with Crippen LogP contribution in [-0.2, 0) is 4.79 Å². The van der Waals surface area contributed by atoms with E-state index in [1.54, 1.807) is 11.3 Å². The maximum Gasteiger partial charge on any atom is 0.244 e. The standard InChI is InChI=1S/C14H22N2OS/c1-3-14(4-2)7-8-16(10-14)13(17)12(15)11-6-5-9-18-11/h5-6,9,12H,3-4,7-8,10,15H2,1-2H3. The molecule has 1 fully saturated rings. The van der Waals surface area contributed by atoms with Gasteiger partial charge in [0.05, 0.1) is 0 Å². The molecule has 0 aliphatic carbocycles. The maximum absolute atomic E-state index is 12.4. The Morgan fingerprint density at radius 1 is 1.56 bits per heavy atom. The van der Waals surface area contributed by atoms with Crippen molar-refractivity contribution in [1.29, 1.82) is 0 Å². The van der Waals surface area contributed by atoms with Crippen LogP contribution in [0.3, 0.4) is 0 Å². The summed E-state index contributed by atoms with van der Waals surface area (Å²) in [6.07, 6.45) is 3.39. The first-order valence-corrected chi connectivity index (χ1v) is 7.57. The van der Waals surface area contributed by atoms with Crippen LogP contribution in [0.25, 0.3) is 0 Å². The molecule has 100 valence electrons. The molecule has 0 aromatic carbocycles. The third-order valence-corrected chi connectivity index (χ3v) is 5.32. The zero-order valence-electron chi connectivity index (χ0n) is 11.2.